The van der Waals surface area contributed by atoms with Gasteiger partial charge in [0.1, 0.15) is 4.90 Å². The third-order valence-electron chi connectivity index (χ3n) is 1.63. The van der Waals surface area contributed by atoms with Crippen LogP contribution in [0.2, 0.25) is 5.02 Å². The first-order valence-electron chi connectivity index (χ1n) is 3.69. The van der Waals surface area contributed by atoms with Crippen LogP contribution in [0.5, 0.6) is 0 Å². The third-order valence-corrected chi connectivity index (χ3v) is 2.81. The van der Waals surface area contributed by atoms with Crippen molar-refractivity contribution >= 4 is 27.8 Å². The molecule has 0 aliphatic heterocycles. The zero-order chi connectivity index (χ0) is 11.6. The minimum Gasteiger partial charge on any atom is -0.465 e. The summed E-state index contributed by atoms with van der Waals surface area (Å²) in [5.41, 5.74) is -0.496. The lowest BCUT2D eigenvalue weighted by Gasteiger charge is -2.05. The summed E-state index contributed by atoms with van der Waals surface area (Å²) in [7, 11) is -3.95. The van der Waals surface area contributed by atoms with E-state index in [0.717, 1.165) is 13.2 Å². The van der Waals surface area contributed by atoms with Crippen molar-refractivity contribution < 1.29 is 21.8 Å². The van der Waals surface area contributed by atoms with Gasteiger partial charge in [0.25, 0.3) is 0 Å². The van der Waals surface area contributed by atoms with Gasteiger partial charge in [0.15, 0.2) is 0 Å². The van der Waals surface area contributed by atoms with Crippen molar-refractivity contribution in [3.63, 3.8) is 0 Å². The molecule has 1 aromatic carbocycles. The first-order valence-corrected chi connectivity index (χ1v) is 5.45. The molecule has 0 radical (unpaired) electrons. The standard InChI is InChI=1S/C8H6ClFO4S/c1-14-8(11)7-5(9)3-2-4-6(7)15(10,12)13/h2-4H,1H3. The molecule has 0 spiro atoms. The molecule has 1 rings (SSSR count). The lowest BCUT2D eigenvalue weighted by molar-refractivity contribution is 0.0596. The Morgan fingerprint density at radius 3 is 2.53 bits per heavy atom. The van der Waals surface area contributed by atoms with Crippen LogP contribution in [0.4, 0.5) is 3.89 Å². The Morgan fingerprint density at radius 1 is 1.47 bits per heavy atom. The highest BCUT2D eigenvalue weighted by atomic mass is 35.5. The maximum absolute atomic E-state index is 12.8. The van der Waals surface area contributed by atoms with Crippen molar-refractivity contribution in [1.29, 1.82) is 0 Å². The molecule has 0 saturated carbocycles. The minimum absolute atomic E-state index is 0.180. The molecule has 0 atom stereocenters. The van der Waals surface area contributed by atoms with E-state index < -0.39 is 26.7 Å². The Hall–Kier alpha value is -1.14. The number of hydrogen-bond donors (Lipinski definition) is 0. The van der Waals surface area contributed by atoms with E-state index in [1.165, 1.54) is 12.1 Å². The number of benzene rings is 1. The highest BCUT2D eigenvalue weighted by Gasteiger charge is 2.24. The second kappa shape index (κ2) is 4.16. The number of methoxy groups -OCH3 is 1. The summed E-state index contributed by atoms with van der Waals surface area (Å²) in [5, 5.41) is -0.180. The van der Waals surface area contributed by atoms with Gasteiger partial charge in [-0.1, -0.05) is 17.7 Å². The Morgan fingerprint density at radius 2 is 2.07 bits per heavy atom. The topological polar surface area (TPSA) is 60.4 Å². The van der Waals surface area contributed by atoms with Gasteiger partial charge in [-0.2, -0.15) is 8.42 Å². The average molecular weight is 253 g/mol. The van der Waals surface area contributed by atoms with Crippen molar-refractivity contribution in [2.75, 3.05) is 7.11 Å². The molecule has 7 heteroatoms. The van der Waals surface area contributed by atoms with Crippen molar-refractivity contribution in [1.82, 2.24) is 0 Å². The molecule has 0 N–H and O–H groups in total. The Kier molecular flexibility index (Phi) is 3.31. The van der Waals surface area contributed by atoms with Crippen LogP contribution < -0.4 is 0 Å². The predicted molar refractivity (Wildman–Crippen MR) is 51.1 cm³/mol. The summed E-state index contributed by atoms with van der Waals surface area (Å²) in [5.74, 6) is -1.00. The molecule has 0 bridgehead atoms. The fraction of sp³-hybridized carbons (Fsp3) is 0.125. The normalized spacial score (nSPS) is 11.1. The summed E-state index contributed by atoms with van der Waals surface area (Å²) in [6.07, 6.45) is 0. The fourth-order valence-electron chi connectivity index (χ4n) is 1.01. The van der Waals surface area contributed by atoms with Crippen molar-refractivity contribution in [2.24, 2.45) is 0 Å². The molecule has 0 aliphatic rings. The fourth-order valence-corrected chi connectivity index (χ4v) is 1.99. The summed E-state index contributed by atoms with van der Waals surface area (Å²) in [6.45, 7) is 0. The molecule has 82 valence electrons. The molecule has 0 unspecified atom stereocenters. The van der Waals surface area contributed by atoms with E-state index in [2.05, 4.69) is 4.74 Å². The van der Waals surface area contributed by atoms with Gasteiger partial charge in [0.05, 0.1) is 17.7 Å². The van der Waals surface area contributed by atoms with Gasteiger partial charge in [-0.3, -0.25) is 0 Å². The molecule has 0 fully saturated rings. The second-order valence-electron chi connectivity index (χ2n) is 2.54. The average Bonchev–Trinajstić information content (AvgIpc) is 2.15. The van der Waals surface area contributed by atoms with Gasteiger partial charge in [-0.25, -0.2) is 4.79 Å². The smallest absolute Gasteiger partial charge is 0.340 e. The van der Waals surface area contributed by atoms with E-state index in [0.29, 0.717) is 0 Å². The zero-order valence-electron chi connectivity index (χ0n) is 7.53. The maximum atomic E-state index is 12.8. The van der Waals surface area contributed by atoms with Crippen LogP contribution in [0.3, 0.4) is 0 Å². The summed E-state index contributed by atoms with van der Waals surface area (Å²) < 4.78 is 38.4. The van der Waals surface area contributed by atoms with Crippen LogP contribution in [0.1, 0.15) is 10.4 Å². The van der Waals surface area contributed by atoms with Crippen molar-refractivity contribution in [3.05, 3.63) is 28.8 Å². The molecule has 4 nitrogen and oxygen atoms in total. The quantitative estimate of drug-likeness (QED) is 0.595. The molecule has 1 aromatic rings. The molecule has 0 amide bonds. The van der Waals surface area contributed by atoms with E-state index >= 15 is 0 Å². The minimum atomic E-state index is -5.00. The van der Waals surface area contributed by atoms with Gasteiger partial charge < -0.3 is 4.74 Å². The van der Waals surface area contributed by atoms with Gasteiger partial charge in [-0.05, 0) is 12.1 Å². The van der Waals surface area contributed by atoms with Crippen molar-refractivity contribution in [2.45, 2.75) is 4.90 Å². The Labute approximate surface area is 90.8 Å². The molecule has 0 aliphatic carbocycles. The van der Waals surface area contributed by atoms with Gasteiger partial charge >= 0.3 is 16.2 Å². The van der Waals surface area contributed by atoms with Crippen LogP contribution in [0.25, 0.3) is 0 Å². The number of esters is 1. The van der Waals surface area contributed by atoms with E-state index in [1.807, 2.05) is 0 Å². The van der Waals surface area contributed by atoms with Crippen LogP contribution in [-0.2, 0) is 15.0 Å². The first-order chi connectivity index (χ1) is 6.88. The molecule has 0 saturated heterocycles. The van der Waals surface area contributed by atoms with Crippen LogP contribution in [0, 0.1) is 0 Å². The number of carbonyl (C=O) groups is 1. The summed E-state index contributed by atoms with van der Waals surface area (Å²) >= 11 is 5.58. The van der Waals surface area contributed by atoms with Crippen molar-refractivity contribution in [3.8, 4) is 0 Å². The lowest BCUT2D eigenvalue weighted by Crippen LogP contribution is -2.08. The third kappa shape index (κ3) is 2.45. The molecular weight excluding hydrogens is 247 g/mol. The Bertz CT molecular complexity index is 497. The monoisotopic (exact) mass is 252 g/mol. The van der Waals surface area contributed by atoms with Crippen LogP contribution >= 0.6 is 11.6 Å². The second-order valence-corrected chi connectivity index (χ2v) is 4.27. The summed E-state index contributed by atoms with van der Waals surface area (Å²) in [4.78, 5) is 10.4. The highest BCUT2D eigenvalue weighted by Crippen LogP contribution is 2.25. The van der Waals surface area contributed by atoms with E-state index in [4.69, 9.17) is 11.6 Å². The molecule has 0 aromatic heterocycles. The van der Waals surface area contributed by atoms with Gasteiger partial charge in [-0.15, -0.1) is 3.89 Å². The summed E-state index contributed by atoms with van der Waals surface area (Å²) in [6, 6.07) is 3.43. The molecule has 0 heterocycles. The SMILES string of the molecule is COC(=O)c1c(Cl)cccc1S(=O)(=O)F. The highest BCUT2D eigenvalue weighted by molar-refractivity contribution is 7.86. The molecule has 15 heavy (non-hydrogen) atoms. The van der Waals surface area contributed by atoms with Crippen LogP contribution in [-0.4, -0.2) is 21.5 Å². The van der Waals surface area contributed by atoms with E-state index in [1.54, 1.807) is 0 Å². The number of ether oxygens (including phenoxy) is 1. The number of rotatable bonds is 2. The first kappa shape index (κ1) is 11.9. The predicted octanol–water partition coefficient (Wildman–Crippen LogP) is 1.78. The zero-order valence-corrected chi connectivity index (χ0v) is 9.10. The molecular formula is C8H6ClFO4S. The number of hydrogen-bond acceptors (Lipinski definition) is 4. The van der Waals surface area contributed by atoms with E-state index in [-0.39, 0.29) is 5.02 Å². The van der Waals surface area contributed by atoms with Gasteiger partial charge in [0.2, 0.25) is 0 Å². The van der Waals surface area contributed by atoms with E-state index in [9.17, 15) is 17.1 Å². The Balaban J connectivity index is 3.54. The largest absolute Gasteiger partial charge is 0.465 e. The van der Waals surface area contributed by atoms with Gasteiger partial charge in [0, 0.05) is 0 Å². The van der Waals surface area contributed by atoms with Crippen LogP contribution in [0.15, 0.2) is 23.1 Å². The number of halogens is 2. The maximum Gasteiger partial charge on any atom is 0.340 e. The number of carbonyl (C=O) groups excluding carboxylic acids is 1. The lowest BCUT2D eigenvalue weighted by atomic mass is 10.2.